The molecule has 6 rings (SSSR count). The molecule has 0 spiro atoms. The van der Waals surface area contributed by atoms with Crippen LogP contribution < -0.4 is 15.2 Å². The summed E-state index contributed by atoms with van der Waals surface area (Å²) in [5, 5.41) is 11.8. The fourth-order valence-electron chi connectivity index (χ4n) is 5.77. The van der Waals surface area contributed by atoms with Crippen LogP contribution in [0, 0.1) is 13.8 Å². The van der Waals surface area contributed by atoms with Crippen molar-refractivity contribution >= 4 is 44.8 Å². The minimum absolute atomic E-state index is 0.0264. The number of pyridine rings is 2. The lowest BCUT2D eigenvalue weighted by atomic mass is 9.91. The number of benzene rings is 1. The van der Waals surface area contributed by atoms with E-state index in [0.29, 0.717) is 40.8 Å². The molecule has 11 heteroatoms. The molecule has 43 heavy (non-hydrogen) atoms. The number of aryl methyl sites for hydroxylation is 3. The first kappa shape index (κ1) is 28.8. The van der Waals surface area contributed by atoms with Crippen molar-refractivity contribution in [2.75, 3.05) is 18.6 Å². The Balaban J connectivity index is 1.26. The van der Waals surface area contributed by atoms with Crippen LogP contribution in [0.4, 0.5) is 5.69 Å². The molecular weight excluding hydrogens is 586 g/mol. The Morgan fingerprint density at radius 2 is 1.95 bits per heavy atom. The molecule has 0 aliphatic heterocycles. The highest BCUT2D eigenvalue weighted by Gasteiger charge is 2.27. The van der Waals surface area contributed by atoms with Crippen LogP contribution in [0.25, 0.3) is 21.3 Å². The van der Waals surface area contributed by atoms with Crippen LogP contribution in [0.1, 0.15) is 39.6 Å². The average molecular weight is 616 g/mol. The van der Waals surface area contributed by atoms with Crippen LogP contribution >= 0.6 is 22.9 Å². The smallest absolute Gasteiger partial charge is 0.338 e. The highest BCUT2D eigenvalue weighted by molar-refractivity contribution is 7.18. The van der Waals surface area contributed by atoms with Gasteiger partial charge >= 0.3 is 5.97 Å². The number of carbonyl (C=O) groups is 1. The molecule has 0 fully saturated rings. The molecular formula is C32H30ClN5O4S. The van der Waals surface area contributed by atoms with E-state index in [-0.39, 0.29) is 23.8 Å². The van der Waals surface area contributed by atoms with Gasteiger partial charge in [0, 0.05) is 64.0 Å². The number of ether oxygens (including phenoxy) is 1. The monoisotopic (exact) mass is 615 g/mol. The molecule has 1 aliphatic carbocycles. The maximum absolute atomic E-state index is 13.7. The Morgan fingerprint density at radius 1 is 1.16 bits per heavy atom. The molecule has 1 N–H and O–H groups in total. The minimum Gasteiger partial charge on any atom is -0.491 e. The first-order valence-electron chi connectivity index (χ1n) is 14.0. The quantitative estimate of drug-likeness (QED) is 0.228. The van der Waals surface area contributed by atoms with Gasteiger partial charge in [0.2, 0.25) is 0 Å². The van der Waals surface area contributed by atoms with Gasteiger partial charge in [-0.1, -0.05) is 11.6 Å². The Kier molecular flexibility index (Phi) is 7.89. The average Bonchev–Trinajstić information content (AvgIpc) is 3.43. The van der Waals surface area contributed by atoms with E-state index in [0.717, 1.165) is 45.6 Å². The standard InChI is InChI=1S/C32H30ClN5O4S/c1-18-14-24(30-29(35-18)26(17-43-30)32(40)41)23-15-20(33)4-7-28(23)42-13-12-38-19(2)36-27-6-5-22(16-25(27)31(38)39)37(3)21-8-10-34-11-9-21/h4,7-11,14-15,17,22H,5-6,12-13,16H2,1-3H3,(H,40,41). The van der Waals surface area contributed by atoms with Crippen molar-refractivity contribution in [1.82, 2.24) is 19.5 Å². The second-order valence-corrected chi connectivity index (χ2v) is 12.0. The van der Waals surface area contributed by atoms with Gasteiger partial charge in [-0.3, -0.25) is 19.3 Å². The maximum Gasteiger partial charge on any atom is 0.338 e. The van der Waals surface area contributed by atoms with Gasteiger partial charge < -0.3 is 14.7 Å². The predicted molar refractivity (Wildman–Crippen MR) is 169 cm³/mol. The third-order valence-corrected chi connectivity index (χ3v) is 9.23. The first-order chi connectivity index (χ1) is 20.7. The number of hydrogen-bond donors (Lipinski definition) is 1. The number of anilines is 1. The summed E-state index contributed by atoms with van der Waals surface area (Å²) in [7, 11) is 2.05. The highest BCUT2D eigenvalue weighted by atomic mass is 35.5. The molecule has 1 atom stereocenters. The van der Waals surface area contributed by atoms with E-state index >= 15 is 0 Å². The molecule has 0 amide bonds. The van der Waals surface area contributed by atoms with E-state index in [9.17, 15) is 14.7 Å². The van der Waals surface area contributed by atoms with Gasteiger partial charge in [0.25, 0.3) is 5.56 Å². The van der Waals surface area contributed by atoms with Gasteiger partial charge in [-0.05, 0) is 69.5 Å². The van der Waals surface area contributed by atoms with Crippen LogP contribution in [0.3, 0.4) is 0 Å². The maximum atomic E-state index is 13.7. The number of likely N-dealkylation sites (N-methyl/N-ethyl adjacent to an activating group) is 1. The van der Waals surface area contributed by atoms with Crippen LogP contribution in [0.5, 0.6) is 5.75 Å². The van der Waals surface area contributed by atoms with E-state index in [1.165, 1.54) is 11.3 Å². The van der Waals surface area contributed by atoms with Crippen LogP contribution in [0.2, 0.25) is 5.02 Å². The van der Waals surface area contributed by atoms with Crippen molar-refractivity contribution in [2.24, 2.45) is 0 Å². The molecule has 1 unspecified atom stereocenters. The topological polar surface area (TPSA) is 110 Å². The lowest BCUT2D eigenvalue weighted by molar-refractivity contribution is 0.0699. The Labute approximate surface area is 257 Å². The highest BCUT2D eigenvalue weighted by Crippen LogP contribution is 2.40. The number of carboxylic acids is 1. The number of carboxylic acid groups (broad SMARTS) is 1. The molecule has 0 saturated carbocycles. The molecule has 0 saturated heterocycles. The molecule has 220 valence electrons. The summed E-state index contributed by atoms with van der Waals surface area (Å²) in [6.45, 7) is 4.24. The van der Waals surface area contributed by atoms with Gasteiger partial charge in [0.05, 0.1) is 28.0 Å². The zero-order valence-corrected chi connectivity index (χ0v) is 25.6. The fraction of sp³-hybridized carbons (Fsp3) is 0.281. The van der Waals surface area contributed by atoms with E-state index < -0.39 is 5.97 Å². The second kappa shape index (κ2) is 11.8. The van der Waals surface area contributed by atoms with E-state index in [4.69, 9.17) is 21.3 Å². The fourth-order valence-corrected chi connectivity index (χ4v) is 6.95. The van der Waals surface area contributed by atoms with Crippen LogP contribution in [-0.2, 0) is 19.4 Å². The Morgan fingerprint density at radius 3 is 2.72 bits per heavy atom. The molecule has 5 aromatic rings. The van der Waals surface area contributed by atoms with Crippen molar-refractivity contribution in [1.29, 1.82) is 0 Å². The normalized spacial score (nSPS) is 14.5. The van der Waals surface area contributed by atoms with Gasteiger partial charge in [0.1, 0.15) is 18.2 Å². The minimum atomic E-state index is -1.02. The van der Waals surface area contributed by atoms with Gasteiger partial charge in [0.15, 0.2) is 0 Å². The number of aromatic carboxylic acids is 1. The number of halogens is 1. The number of fused-ring (bicyclic) bond motifs is 2. The predicted octanol–water partition coefficient (Wildman–Crippen LogP) is 5.96. The number of thiophene rings is 1. The summed E-state index contributed by atoms with van der Waals surface area (Å²) in [6, 6.07) is 11.4. The van der Waals surface area contributed by atoms with Crippen molar-refractivity contribution in [3.05, 3.63) is 97.9 Å². The number of rotatable bonds is 8. The van der Waals surface area contributed by atoms with Gasteiger partial charge in [-0.15, -0.1) is 11.3 Å². The number of hydrogen-bond acceptors (Lipinski definition) is 8. The molecule has 0 bridgehead atoms. The van der Waals surface area contributed by atoms with E-state index in [1.54, 1.807) is 34.5 Å². The summed E-state index contributed by atoms with van der Waals surface area (Å²) in [6.07, 6.45) is 5.85. The number of aromatic nitrogens is 4. The molecule has 0 radical (unpaired) electrons. The van der Waals surface area contributed by atoms with Crippen molar-refractivity contribution < 1.29 is 14.6 Å². The summed E-state index contributed by atoms with van der Waals surface area (Å²) in [4.78, 5) is 41.1. The summed E-state index contributed by atoms with van der Waals surface area (Å²) in [5.74, 6) is 0.223. The summed E-state index contributed by atoms with van der Waals surface area (Å²) >= 11 is 7.73. The number of nitrogens with zero attached hydrogens (tertiary/aromatic N) is 5. The Hall–Kier alpha value is -4.28. The molecule has 4 heterocycles. The largest absolute Gasteiger partial charge is 0.491 e. The zero-order chi connectivity index (χ0) is 30.2. The van der Waals surface area contributed by atoms with Crippen molar-refractivity contribution in [3.63, 3.8) is 0 Å². The zero-order valence-electron chi connectivity index (χ0n) is 24.0. The summed E-state index contributed by atoms with van der Waals surface area (Å²) in [5.41, 5.74) is 5.50. The van der Waals surface area contributed by atoms with Crippen molar-refractivity contribution in [3.8, 4) is 16.9 Å². The van der Waals surface area contributed by atoms with E-state index in [2.05, 4.69) is 21.9 Å². The molecule has 1 aromatic carbocycles. The molecule has 1 aliphatic rings. The van der Waals surface area contributed by atoms with E-state index in [1.807, 2.05) is 38.1 Å². The molecule has 9 nitrogen and oxygen atoms in total. The second-order valence-electron chi connectivity index (χ2n) is 10.7. The lowest BCUT2D eigenvalue weighted by Crippen LogP contribution is -2.41. The van der Waals surface area contributed by atoms with Gasteiger partial charge in [-0.2, -0.15) is 0 Å². The van der Waals surface area contributed by atoms with Crippen molar-refractivity contribution in [2.45, 2.75) is 45.7 Å². The van der Waals surface area contributed by atoms with Crippen LogP contribution in [0.15, 0.2) is 59.0 Å². The first-order valence-corrected chi connectivity index (χ1v) is 15.2. The third kappa shape index (κ3) is 5.60. The van der Waals surface area contributed by atoms with Crippen LogP contribution in [-0.4, -0.2) is 50.3 Å². The Bertz CT molecular complexity index is 1910. The van der Waals surface area contributed by atoms with Gasteiger partial charge in [-0.25, -0.2) is 9.78 Å². The summed E-state index contributed by atoms with van der Waals surface area (Å²) < 4.78 is 8.71. The molecule has 4 aromatic heterocycles. The SMILES string of the molecule is Cc1cc(-c2cc(Cl)ccc2OCCn2c(C)nc3c(c2=O)CC(N(C)c2ccncc2)CC3)c2scc(C(=O)O)c2n1. The lowest BCUT2D eigenvalue weighted by Gasteiger charge is -2.33. The third-order valence-electron chi connectivity index (χ3n) is 8.00.